The van der Waals surface area contributed by atoms with Crippen LogP contribution in [0, 0.1) is 0 Å². The fraction of sp³-hybridized carbons (Fsp3) is 0.429. The largest absolute Gasteiger partial charge is 0.493 e. The Hall–Kier alpha value is -2.04. The molecular formula is C21H27NO3. The van der Waals surface area contributed by atoms with Gasteiger partial charge in [0.1, 0.15) is 6.61 Å². The Morgan fingerprint density at radius 2 is 2.00 bits per heavy atom. The van der Waals surface area contributed by atoms with Gasteiger partial charge in [-0.25, -0.2) is 0 Å². The van der Waals surface area contributed by atoms with Gasteiger partial charge >= 0.3 is 0 Å². The van der Waals surface area contributed by atoms with Crippen LogP contribution in [-0.4, -0.2) is 33.0 Å². The maximum Gasteiger partial charge on any atom is 0.165 e. The lowest BCUT2D eigenvalue weighted by atomic mass is 10.1. The topological polar surface area (TPSA) is 39.7 Å². The monoisotopic (exact) mass is 341 g/mol. The van der Waals surface area contributed by atoms with Gasteiger partial charge in [-0.3, -0.25) is 0 Å². The van der Waals surface area contributed by atoms with E-state index in [1.807, 2.05) is 18.2 Å². The van der Waals surface area contributed by atoms with E-state index in [4.69, 9.17) is 14.2 Å². The van der Waals surface area contributed by atoms with Gasteiger partial charge in [0.2, 0.25) is 0 Å². The smallest absolute Gasteiger partial charge is 0.165 e. The van der Waals surface area contributed by atoms with Crippen molar-refractivity contribution in [1.82, 2.24) is 5.32 Å². The van der Waals surface area contributed by atoms with Crippen LogP contribution in [0.15, 0.2) is 48.5 Å². The molecule has 0 spiro atoms. The first-order valence-electron chi connectivity index (χ1n) is 9.01. The molecule has 0 aliphatic carbocycles. The van der Waals surface area contributed by atoms with Crippen molar-refractivity contribution in [3.63, 3.8) is 0 Å². The van der Waals surface area contributed by atoms with E-state index in [-0.39, 0.29) is 6.10 Å². The summed E-state index contributed by atoms with van der Waals surface area (Å²) in [5.41, 5.74) is 2.46. The molecule has 1 atom stereocenters. The molecule has 2 aromatic carbocycles. The summed E-state index contributed by atoms with van der Waals surface area (Å²) in [6, 6.07) is 16.5. The van der Waals surface area contributed by atoms with Gasteiger partial charge in [-0.15, -0.1) is 0 Å². The van der Waals surface area contributed by atoms with E-state index in [1.54, 1.807) is 7.11 Å². The van der Waals surface area contributed by atoms with Crippen molar-refractivity contribution in [2.24, 2.45) is 0 Å². The molecule has 1 aliphatic rings. The summed E-state index contributed by atoms with van der Waals surface area (Å²) in [6.07, 6.45) is 3.40. The second-order valence-corrected chi connectivity index (χ2v) is 6.31. The first-order chi connectivity index (χ1) is 12.4. The molecule has 1 unspecified atom stereocenters. The van der Waals surface area contributed by atoms with Crippen LogP contribution in [-0.2, 0) is 17.7 Å². The predicted molar refractivity (Wildman–Crippen MR) is 99.3 cm³/mol. The minimum atomic E-state index is 0.198. The quantitative estimate of drug-likeness (QED) is 0.708. The van der Waals surface area contributed by atoms with Crippen LogP contribution in [0.25, 0.3) is 0 Å². The molecule has 1 N–H and O–H groups in total. The minimum absolute atomic E-state index is 0.198. The fourth-order valence-corrected chi connectivity index (χ4v) is 3.08. The third-order valence-corrected chi connectivity index (χ3v) is 4.47. The lowest BCUT2D eigenvalue weighted by Gasteiger charge is -2.17. The number of nitrogens with one attached hydrogen (secondary N) is 1. The second kappa shape index (κ2) is 9.44. The summed E-state index contributed by atoms with van der Waals surface area (Å²) >= 11 is 0. The Labute approximate surface area is 150 Å². The Morgan fingerprint density at radius 1 is 1.12 bits per heavy atom. The molecule has 134 valence electrons. The van der Waals surface area contributed by atoms with Gasteiger partial charge in [-0.1, -0.05) is 42.5 Å². The average molecular weight is 341 g/mol. The van der Waals surface area contributed by atoms with E-state index in [0.717, 1.165) is 56.0 Å². The molecule has 1 saturated heterocycles. The van der Waals surface area contributed by atoms with Crippen LogP contribution in [0.3, 0.4) is 0 Å². The highest BCUT2D eigenvalue weighted by molar-refractivity contribution is 5.46. The minimum Gasteiger partial charge on any atom is -0.493 e. The van der Waals surface area contributed by atoms with Crippen molar-refractivity contribution in [2.45, 2.75) is 31.9 Å². The second-order valence-electron chi connectivity index (χ2n) is 6.31. The van der Waals surface area contributed by atoms with Gasteiger partial charge in [0, 0.05) is 18.7 Å². The zero-order valence-electron chi connectivity index (χ0n) is 14.9. The summed E-state index contributed by atoms with van der Waals surface area (Å²) in [6.45, 7) is 3.10. The van der Waals surface area contributed by atoms with E-state index in [0.29, 0.717) is 6.61 Å². The Morgan fingerprint density at radius 3 is 2.76 bits per heavy atom. The first kappa shape index (κ1) is 17.8. The SMILES string of the molecule is COc1cccc(CNCCc2ccccc2)c1OCC1CCCO1. The van der Waals surface area contributed by atoms with Crippen LogP contribution in [0.4, 0.5) is 0 Å². The predicted octanol–water partition coefficient (Wildman–Crippen LogP) is 3.59. The van der Waals surface area contributed by atoms with E-state index in [2.05, 4.69) is 35.6 Å². The third kappa shape index (κ3) is 5.21. The summed E-state index contributed by atoms with van der Waals surface area (Å²) in [7, 11) is 1.68. The van der Waals surface area contributed by atoms with Crippen molar-refractivity contribution in [2.75, 3.05) is 26.9 Å². The van der Waals surface area contributed by atoms with Crippen LogP contribution in [0.5, 0.6) is 11.5 Å². The third-order valence-electron chi connectivity index (χ3n) is 4.47. The van der Waals surface area contributed by atoms with Crippen LogP contribution < -0.4 is 14.8 Å². The molecule has 1 heterocycles. The van der Waals surface area contributed by atoms with Crippen molar-refractivity contribution < 1.29 is 14.2 Å². The van der Waals surface area contributed by atoms with Crippen LogP contribution in [0.2, 0.25) is 0 Å². The Balaban J connectivity index is 1.55. The maximum absolute atomic E-state index is 6.07. The molecule has 0 aromatic heterocycles. The number of hydrogen-bond acceptors (Lipinski definition) is 4. The lowest BCUT2D eigenvalue weighted by Crippen LogP contribution is -2.20. The van der Waals surface area contributed by atoms with E-state index in [1.165, 1.54) is 5.56 Å². The van der Waals surface area contributed by atoms with Gasteiger partial charge < -0.3 is 19.5 Å². The molecular weight excluding hydrogens is 314 g/mol. The van der Waals surface area contributed by atoms with Gasteiger partial charge in [-0.2, -0.15) is 0 Å². The zero-order chi connectivity index (χ0) is 17.3. The fourth-order valence-electron chi connectivity index (χ4n) is 3.08. The molecule has 4 nitrogen and oxygen atoms in total. The number of hydrogen-bond donors (Lipinski definition) is 1. The number of rotatable bonds is 9. The number of para-hydroxylation sites is 1. The summed E-state index contributed by atoms with van der Waals surface area (Å²) in [4.78, 5) is 0. The zero-order valence-corrected chi connectivity index (χ0v) is 14.9. The molecule has 1 aliphatic heterocycles. The molecule has 0 radical (unpaired) electrons. The van der Waals surface area contributed by atoms with Gasteiger partial charge in [-0.05, 0) is 37.4 Å². The summed E-state index contributed by atoms with van der Waals surface area (Å²) < 4.78 is 17.2. The van der Waals surface area contributed by atoms with E-state index >= 15 is 0 Å². The highest BCUT2D eigenvalue weighted by Gasteiger charge is 2.18. The first-order valence-corrected chi connectivity index (χ1v) is 9.01. The standard InChI is InChI=1S/C21H27NO3/c1-23-20-11-5-9-18(21(20)25-16-19-10-6-14-24-19)15-22-13-12-17-7-3-2-4-8-17/h2-5,7-9,11,19,22H,6,10,12-16H2,1H3. The summed E-state index contributed by atoms with van der Waals surface area (Å²) in [5.74, 6) is 1.60. The molecule has 1 fully saturated rings. The maximum atomic E-state index is 6.07. The van der Waals surface area contributed by atoms with Crippen LogP contribution >= 0.6 is 0 Å². The van der Waals surface area contributed by atoms with Gasteiger partial charge in [0.05, 0.1) is 13.2 Å². The number of ether oxygens (including phenoxy) is 3. The molecule has 2 aromatic rings. The summed E-state index contributed by atoms with van der Waals surface area (Å²) in [5, 5.41) is 3.50. The lowest BCUT2D eigenvalue weighted by molar-refractivity contribution is 0.0666. The average Bonchev–Trinajstić information content (AvgIpc) is 3.18. The molecule has 3 rings (SSSR count). The number of benzene rings is 2. The molecule has 0 amide bonds. The van der Waals surface area contributed by atoms with Crippen molar-refractivity contribution >= 4 is 0 Å². The molecule has 4 heteroatoms. The highest BCUT2D eigenvalue weighted by atomic mass is 16.5. The normalized spacial score (nSPS) is 16.8. The molecule has 25 heavy (non-hydrogen) atoms. The van der Waals surface area contributed by atoms with E-state index in [9.17, 15) is 0 Å². The highest BCUT2D eigenvalue weighted by Crippen LogP contribution is 2.31. The van der Waals surface area contributed by atoms with Crippen molar-refractivity contribution in [3.8, 4) is 11.5 Å². The Bertz CT molecular complexity index is 639. The van der Waals surface area contributed by atoms with E-state index < -0.39 is 0 Å². The number of methoxy groups -OCH3 is 1. The Kier molecular flexibility index (Phi) is 6.71. The van der Waals surface area contributed by atoms with Gasteiger partial charge in [0.25, 0.3) is 0 Å². The molecule has 0 saturated carbocycles. The molecule has 0 bridgehead atoms. The van der Waals surface area contributed by atoms with Crippen LogP contribution in [0.1, 0.15) is 24.0 Å². The van der Waals surface area contributed by atoms with Crippen molar-refractivity contribution in [3.05, 3.63) is 59.7 Å². The van der Waals surface area contributed by atoms with Crippen molar-refractivity contribution in [1.29, 1.82) is 0 Å². The van der Waals surface area contributed by atoms with Gasteiger partial charge in [0.15, 0.2) is 11.5 Å².